The molecule has 4 rings (SSSR count). The van der Waals surface area contributed by atoms with Gasteiger partial charge in [0.15, 0.2) is 22.9 Å². The third-order valence-corrected chi connectivity index (χ3v) is 4.88. The van der Waals surface area contributed by atoms with E-state index in [1.807, 2.05) is 12.1 Å². The number of methoxy groups -OCH3 is 3. The molecule has 0 fully saturated rings. The smallest absolute Gasteiger partial charge is 0.231 e. The van der Waals surface area contributed by atoms with Crippen molar-refractivity contribution in [1.82, 2.24) is 4.98 Å². The molecule has 4 aromatic rings. The van der Waals surface area contributed by atoms with Gasteiger partial charge in [0.2, 0.25) is 11.6 Å². The summed E-state index contributed by atoms with van der Waals surface area (Å²) in [4.78, 5) is 18.1. The van der Waals surface area contributed by atoms with Gasteiger partial charge in [-0.2, -0.15) is 0 Å². The molecule has 0 N–H and O–H groups in total. The highest BCUT2D eigenvalue weighted by molar-refractivity contribution is 6.31. The van der Waals surface area contributed by atoms with Gasteiger partial charge in [0.25, 0.3) is 0 Å². The van der Waals surface area contributed by atoms with Gasteiger partial charge in [0.05, 0.1) is 26.9 Å². The van der Waals surface area contributed by atoms with Crippen LogP contribution >= 0.6 is 0 Å². The van der Waals surface area contributed by atoms with Gasteiger partial charge >= 0.3 is 0 Å². The fourth-order valence-electron chi connectivity index (χ4n) is 3.31. The lowest BCUT2D eigenvalue weighted by Gasteiger charge is -2.14. The molecule has 0 atom stereocenters. The number of carbonyl (C=O) groups excluding carboxylic acids is 1. The normalized spacial score (nSPS) is 11.4. The molecule has 0 saturated heterocycles. The van der Waals surface area contributed by atoms with E-state index >= 15 is 0 Å². The lowest BCUT2D eigenvalue weighted by Crippen LogP contribution is -2.05. The summed E-state index contributed by atoms with van der Waals surface area (Å²) in [6.07, 6.45) is 1.61. The number of para-hydroxylation sites is 2. The SMILES string of the molecule is COc1cc(C(=O)C(=Cc2ccc(F)cc2)c2nc3ccccc3o2)cc(OC)c1OC. The molecule has 0 saturated carbocycles. The summed E-state index contributed by atoms with van der Waals surface area (Å²) in [5.41, 5.74) is 2.26. The number of fused-ring (bicyclic) bond motifs is 1. The molecule has 0 aliphatic heterocycles. The molecule has 0 radical (unpaired) electrons. The zero-order chi connectivity index (χ0) is 22.7. The number of nitrogens with zero attached hydrogens (tertiary/aromatic N) is 1. The number of Topliss-reactive ketones (excluding diaryl/α,β-unsaturated/α-hetero) is 1. The molecule has 1 heterocycles. The first-order valence-electron chi connectivity index (χ1n) is 9.72. The van der Waals surface area contributed by atoms with E-state index in [0.717, 1.165) is 0 Å². The summed E-state index contributed by atoms with van der Waals surface area (Å²) in [5.74, 6) is 0.455. The predicted molar refractivity (Wildman–Crippen MR) is 119 cm³/mol. The van der Waals surface area contributed by atoms with Crippen molar-refractivity contribution in [1.29, 1.82) is 0 Å². The maximum atomic E-state index is 13.6. The second-order valence-corrected chi connectivity index (χ2v) is 6.84. The number of ether oxygens (including phenoxy) is 3. The van der Waals surface area contributed by atoms with E-state index in [0.29, 0.717) is 33.9 Å². The summed E-state index contributed by atoms with van der Waals surface area (Å²) >= 11 is 0. The van der Waals surface area contributed by atoms with Crippen molar-refractivity contribution in [2.45, 2.75) is 0 Å². The molecule has 0 aliphatic carbocycles. The highest BCUT2D eigenvalue weighted by Crippen LogP contribution is 2.39. The third-order valence-electron chi connectivity index (χ3n) is 4.88. The van der Waals surface area contributed by atoms with E-state index in [1.165, 1.54) is 33.5 Å². The number of hydrogen-bond donors (Lipinski definition) is 0. The van der Waals surface area contributed by atoms with Gasteiger partial charge in [0.1, 0.15) is 11.3 Å². The zero-order valence-electron chi connectivity index (χ0n) is 17.7. The van der Waals surface area contributed by atoms with Gasteiger partial charge < -0.3 is 18.6 Å². The van der Waals surface area contributed by atoms with Gasteiger partial charge in [-0.25, -0.2) is 9.37 Å². The van der Waals surface area contributed by atoms with E-state index < -0.39 is 0 Å². The minimum Gasteiger partial charge on any atom is -0.493 e. The summed E-state index contributed by atoms with van der Waals surface area (Å²) in [7, 11) is 4.43. The largest absolute Gasteiger partial charge is 0.493 e. The van der Waals surface area contributed by atoms with Crippen molar-refractivity contribution in [3.05, 3.63) is 83.5 Å². The summed E-state index contributed by atoms with van der Waals surface area (Å²) in [6.45, 7) is 0. The Morgan fingerprint density at radius 2 is 1.59 bits per heavy atom. The van der Waals surface area contributed by atoms with Crippen molar-refractivity contribution < 1.29 is 27.8 Å². The topological polar surface area (TPSA) is 70.8 Å². The Kier molecular flexibility index (Phi) is 5.89. The number of oxazole rings is 1. The lowest BCUT2D eigenvalue weighted by molar-refractivity contribution is 0.105. The molecule has 0 aliphatic rings. The fourth-order valence-corrected chi connectivity index (χ4v) is 3.31. The fraction of sp³-hybridized carbons (Fsp3) is 0.120. The maximum Gasteiger partial charge on any atom is 0.231 e. The molecule has 0 amide bonds. The molecular weight excluding hydrogens is 413 g/mol. The number of ketones is 1. The van der Waals surface area contributed by atoms with Gasteiger partial charge in [-0.15, -0.1) is 0 Å². The summed E-state index contributed by atoms with van der Waals surface area (Å²) < 4.78 is 35.4. The summed E-state index contributed by atoms with van der Waals surface area (Å²) in [5, 5.41) is 0. The molecular formula is C25H20FNO5. The van der Waals surface area contributed by atoms with Crippen LogP contribution in [0.4, 0.5) is 4.39 Å². The lowest BCUT2D eigenvalue weighted by atomic mass is 10.00. The van der Waals surface area contributed by atoms with Gasteiger partial charge in [-0.05, 0) is 48.0 Å². The third kappa shape index (κ3) is 4.05. The van der Waals surface area contributed by atoms with Crippen LogP contribution in [0.1, 0.15) is 21.8 Å². The number of carbonyl (C=O) groups is 1. The number of halogens is 1. The Morgan fingerprint density at radius 1 is 0.938 bits per heavy atom. The van der Waals surface area contributed by atoms with Crippen LogP contribution in [0, 0.1) is 5.82 Å². The molecule has 1 aromatic heterocycles. The van der Waals surface area contributed by atoms with Crippen LogP contribution in [0.3, 0.4) is 0 Å². The maximum absolute atomic E-state index is 13.6. The zero-order valence-corrected chi connectivity index (χ0v) is 17.7. The summed E-state index contributed by atoms with van der Waals surface area (Å²) in [6, 6.07) is 16.1. The first-order valence-corrected chi connectivity index (χ1v) is 9.72. The predicted octanol–water partition coefficient (Wildman–Crippen LogP) is 5.42. The number of allylic oxidation sites excluding steroid dienone is 1. The Morgan fingerprint density at radius 3 is 2.19 bits per heavy atom. The van der Waals surface area contributed by atoms with Crippen molar-refractivity contribution in [3.63, 3.8) is 0 Å². The molecule has 3 aromatic carbocycles. The van der Waals surface area contributed by atoms with Crippen molar-refractivity contribution in [2.24, 2.45) is 0 Å². The first kappa shape index (κ1) is 21.1. The Labute approximate surface area is 183 Å². The average molecular weight is 433 g/mol. The second-order valence-electron chi connectivity index (χ2n) is 6.84. The van der Waals surface area contributed by atoms with Gasteiger partial charge in [0, 0.05) is 5.56 Å². The molecule has 0 spiro atoms. The minimum absolute atomic E-state index is 0.147. The molecule has 6 nitrogen and oxygen atoms in total. The first-order chi connectivity index (χ1) is 15.5. The van der Waals surface area contributed by atoms with Gasteiger partial charge in [-0.3, -0.25) is 4.79 Å². The van der Waals surface area contributed by atoms with Crippen LogP contribution in [-0.4, -0.2) is 32.1 Å². The number of rotatable bonds is 7. The van der Waals surface area contributed by atoms with Crippen molar-refractivity contribution >= 4 is 28.5 Å². The monoisotopic (exact) mass is 433 g/mol. The van der Waals surface area contributed by atoms with Crippen molar-refractivity contribution in [3.8, 4) is 17.2 Å². The van der Waals surface area contributed by atoms with E-state index in [-0.39, 0.29) is 28.6 Å². The number of benzene rings is 3. The molecule has 32 heavy (non-hydrogen) atoms. The van der Waals surface area contributed by atoms with Crippen LogP contribution in [0.25, 0.3) is 22.7 Å². The average Bonchev–Trinajstić information content (AvgIpc) is 3.26. The van der Waals surface area contributed by atoms with Crippen LogP contribution in [0.2, 0.25) is 0 Å². The van der Waals surface area contributed by atoms with Crippen LogP contribution in [0.5, 0.6) is 17.2 Å². The van der Waals surface area contributed by atoms with Gasteiger partial charge in [-0.1, -0.05) is 24.3 Å². The van der Waals surface area contributed by atoms with E-state index in [1.54, 1.807) is 42.5 Å². The second kappa shape index (κ2) is 8.93. The molecule has 162 valence electrons. The molecule has 0 unspecified atom stereocenters. The van der Waals surface area contributed by atoms with Crippen LogP contribution < -0.4 is 14.2 Å². The van der Waals surface area contributed by atoms with E-state index in [4.69, 9.17) is 18.6 Å². The standard InChI is InChI=1S/C25H20FNO5/c1-29-21-13-16(14-22(30-2)24(21)31-3)23(28)18(12-15-8-10-17(26)11-9-15)25-27-19-6-4-5-7-20(19)32-25/h4-14H,1-3H3. The van der Waals surface area contributed by atoms with Crippen LogP contribution in [-0.2, 0) is 0 Å². The number of aromatic nitrogens is 1. The van der Waals surface area contributed by atoms with Crippen LogP contribution in [0.15, 0.2) is 65.1 Å². The quantitative estimate of drug-likeness (QED) is 0.286. The number of hydrogen-bond acceptors (Lipinski definition) is 6. The Hall–Kier alpha value is -4.13. The Balaban J connectivity index is 1.88. The minimum atomic E-state index is -0.375. The highest BCUT2D eigenvalue weighted by atomic mass is 19.1. The Bertz CT molecular complexity index is 1250. The highest BCUT2D eigenvalue weighted by Gasteiger charge is 2.24. The van der Waals surface area contributed by atoms with E-state index in [9.17, 15) is 9.18 Å². The van der Waals surface area contributed by atoms with E-state index in [2.05, 4.69) is 4.98 Å². The molecule has 0 bridgehead atoms. The molecule has 7 heteroatoms. The van der Waals surface area contributed by atoms with Crippen molar-refractivity contribution in [2.75, 3.05) is 21.3 Å².